The van der Waals surface area contributed by atoms with Crippen molar-refractivity contribution in [1.82, 2.24) is 15.1 Å². The summed E-state index contributed by atoms with van der Waals surface area (Å²) in [6, 6.07) is 5.97. The first-order valence-electron chi connectivity index (χ1n) is 13.2. The Morgan fingerprint density at radius 1 is 1.17 bits per heavy atom. The lowest BCUT2D eigenvalue weighted by Crippen LogP contribution is -2.53. The molecule has 2 aliphatic heterocycles. The highest BCUT2D eigenvalue weighted by Crippen LogP contribution is 2.41. The highest BCUT2D eigenvalue weighted by atomic mass is 35.5. The average molecular weight is 502 g/mol. The summed E-state index contributed by atoms with van der Waals surface area (Å²) in [6.07, 6.45) is 9.13. The first-order chi connectivity index (χ1) is 16.8. The maximum Gasteiger partial charge on any atom is 0.304 e. The van der Waals surface area contributed by atoms with E-state index in [1.807, 2.05) is 32.0 Å². The second-order valence-corrected chi connectivity index (χ2v) is 11.4. The molecule has 2 unspecified atom stereocenters. The number of piperidine rings is 1. The summed E-state index contributed by atoms with van der Waals surface area (Å²) in [5.41, 5.74) is 2.80. The number of hydrogen-bond acceptors (Lipinski definition) is 4. The molecule has 1 aromatic rings. The number of amides is 1. The fraction of sp³-hybridized carbons (Fsp3) is 0.643. The van der Waals surface area contributed by atoms with Crippen LogP contribution >= 0.6 is 11.6 Å². The van der Waals surface area contributed by atoms with Crippen LogP contribution in [0.15, 0.2) is 29.8 Å². The van der Waals surface area contributed by atoms with Gasteiger partial charge < -0.3 is 10.4 Å². The van der Waals surface area contributed by atoms with E-state index < -0.39 is 11.4 Å². The molecule has 7 heteroatoms. The van der Waals surface area contributed by atoms with Crippen molar-refractivity contribution in [3.05, 3.63) is 46.0 Å². The van der Waals surface area contributed by atoms with Gasteiger partial charge in [0.15, 0.2) is 0 Å². The predicted octanol–water partition coefficient (Wildman–Crippen LogP) is 4.64. The SMILES string of the molecule is Cc1cccc(Cl)c1CN1CC(C)C(CC(=O)O)(C(=O)NC2CCN(CC3=CCCCC3)CC2)C1. The first kappa shape index (κ1) is 26.2. The number of carbonyl (C=O) groups is 2. The topological polar surface area (TPSA) is 72.9 Å². The Labute approximate surface area is 214 Å². The zero-order valence-electron chi connectivity index (χ0n) is 21.2. The van der Waals surface area contributed by atoms with Crippen LogP contribution in [0.2, 0.25) is 5.02 Å². The maximum absolute atomic E-state index is 13.7. The van der Waals surface area contributed by atoms with Gasteiger partial charge in [-0.2, -0.15) is 0 Å². The molecule has 0 saturated carbocycles. The van der Waals surface area contributed by atoms with Gasteiger partial charge >= 0.3 is 5.97 Å². The predicted molar refractivity (Wildman–Crippen MR) is 139 cm³/mol. The molecule has 0 bridgehead atoms. The van der Waals surface area contributed by atoms with Gasteiger partial charge in [-0.15, -0.1) is 0 Å². The van der Waals surface area contributed by atoms with Crippen molar-refractivity contribution in [2.75, 3.05) is 32.7 Å². The molecule has 4 rings (SSSR count). The average Bonchev–Trinajstić information content (AvgIpc) is 3.13. The Bertz CT molecular complexity index is 937. The lowest BCUT2D eigenvalue weighted by molar-refractivity contribution is -0.147. The minimum absolute atomic E-state index is 0.0558. The summed E-state index contributed by atoms with van der Waals surface area (Å²) in [5, 5.41) is 13.7. The van der Waals surface area contributed by atoms with Crippen LogP contribution in [0.5, 0.6) is 0 Å². The Hall–Kier alpha value is -1.89. The zero-order valence-corrected chi connectivity index (χ0v) is 21.9. The number of carboxylic acid groups (broad SMARTS) is 1. The fourth-order valence-corrected chi connectivity index (χ4v) is 6.45. The molecular formula is C28H40ClN3O3. The van der Waals surface area contributed by atoms with Gasteiger partial charge in [0.2, 0.25) is 5.91 Å². The van der Waals surface area contributed by atoms with Crippen LogP contribution in [-0.4, -0.2) is 65.5 Å². The quantitative estimate of drug-likeness (QED) is 0.507. The van der Waals surface area contributed by atoms with E-state index in [9.17, 15) is 14.7 Å². The second kappa shape index (κ2) is 11.4. The van der Waals surface area contributed by atoms with Crippen LogP contribution in [0.3, 0.4) is 0 Å². The van der Waals surface area contributed by atoms with Gasteiger partial charge in [-0.1, -0.05) is 42.3 Å². The third-order valence-electron chi connectivity index (χ3n) is 8.37. The molecule has 1 aromatic carbocycles. The molecule has 2 atom stereocenters. The normalized spacial score (nSPS) is 26.5. The number of aryl methyl sites for hydroxylation is 1. The second-order valence-electron chi connectivity index (χ2n) is 11.0. The number of carboxylic acids is 1. The van der Waals surface area contributed by atoms with Gasteiger partial charge in [-0.25, -0.2) is 0 Å². The van der Waals surface area contributed by atoms with Crippen molar-refractivity contribution < 1.29 is 14.7 Å². The lowest BCUT2D eigenvalue weighted by atomic mass is 9.75. The van der Waals surface area contributed by atoms with Gasteiger partial charge in [0.25, 0.3) is 0 Å². The standard InChI is InChI=1S/C28H40ClN3O3/c1-20-7-6-10-25(29)24(20)18-32-16-21(2)28(19-32,15-26(33)34)27(35)30-23-11-13-31(14-12-23)17-22-8-4-3-5-9-22/h6-8,10,21,23H,3-5,9,11-19H2,1-2H3,(H,30,35)(H,33,34). The van der Waals surface area contributed by atoms with Crippen molar-refractivity contribution in [2.45, 2.75) is 71.4 Å². The maximum atomic E-state index is 13.7. The number of allylic oxidation sites excluding steroid dienone is 1. The molecule has 1 amide bonds. The summed E-state index contributed by atoms with van der Waals surface area (Å²) in [6.45, 7) is 8.79. The summed E-state index contributed by atoms with van der Waals surface area (Å²) >= 11 is 6.46. The fourth-order valence-electron chi connectivity index (χ4n) is 6.17. The van der Waals surface area contributed by atoms with Crippen LogP contribution in [0, 0.1) is 18.3 Å². The number of aliphatic carboxylic acids is 1. The minimum Gasteiger partial charge on any atom is -0.481 e. The number of nitrogens with one attached hydrogen (secondary N) is 1. The molecule has 192 valence electrons. The number of nitrogens with zero attached hydrogens (tertiary/aromatic N) is 2. The van der Waals surface area contributed by atoms with E-state index in [-0.39, 0.29) is 24.3 Å². The highest BCUT2D eigenvalue weighted by molar-refractivity contribution is 6.31. The zero-order chi connectivity index (χ0) is 25.0. The van der Waals surface area contributed by atoms with E-state index in [4.69, 9.17) is 11.6 Å². The number of benzene rings is 1. The highest BCUT2D eigenvalue weighted by Gasteiger charge is 2.51. The van der Waals surface area contributed by atoms with Crippen molar-refractivity contribution in [3.8, 4) is 0 Å². The van der Waals surface area contributed by atoms with Crippen LogP contribution in [0.1, 0.15) is 63.0 Å². The molecular weight excluding hydrogens is 462 g/mol. The molecule has 6 nitrogen and oxygen atoms in total. The van der Waals surface area contributed by atoms with Crippen LogP contribution in [0.4, 0.5) is 0 Å². The number of halogens is 1. The van der Waals surface area contributed by atoms with Gasteiger partial charge in [-0.3, -0.25) is 19.4 Å². The Balaban J connectivity index is 1.38. The third-order valence-corrected chi connectivity index (χ3v) is 8.72. The monoisotopic (exact) mass is 501 g/mol. The molecule has 0 spiro atoms. The molecule has 2 fully saturated rings. The molecule has 0 aromatic heterocycles. The molecule has 3 aliphatic rings. The molecule has 35 heavy (non-hydrogen) atoms. The van der Waals surface area contributed by atoms with E-state index in [1.165, 1.54) is 25.7 Å². The molecule has 2 saturated heterocycles. The smallest absolute Gasteiger partial charge is 0.304 e. The van der Waals surface area contributed by atoms with Gasteiger partial charge in [0.1, 0.15) is 0 Å². The van der Waals surface area contributed by atoms with E-state index in [0.29, 0.717) is 24.7 Å². The molecule has 2 heterocycles. The van der Waals surface area contributed by atoms with Crippen LogP contribution in [-0.2, 0) is 16.1 Å². The minimum atomic E-state index is -0.926. The largest absolute Gasteiger partial charge is 0.481 e. The number of carbonyl (C=O) groups excluding carboxylic acids is 1. The van der Waals surface area contributed by atoms with Crippen molar-refractivity contribution in [2.24, 2.45) is 11.3 Å². The number of hydrogen-bond donors (Lipinski definition) is 2. The Kier molecular flexibility index (Phi) is 8.56. The van der Waals surface area contributed by atoms with Crippen molar-refractivity contribution in [1.29, 1.82) is 0 Å². The third kappa shape index (κ3) is 6.28. The van der Waals surface area contributed by atoms with Gasteiger partial charge in [0, 0.05) is 50.3 Å². The summed E-state index contributed by atoms with van der Waals surface area (Å²) in [5.74, 6) is -1.07. The van der Waals surface area contributed by atoms with Crippen molar-refractivity contribution >= 4 is 23.5 Å². The van der Waals surface area contributed by atoms with Crippen molar-refractivity contribution in [3.63, 3.8) is 0 Å². The lowest BCUT2D eigenvalue weighted by Gasteiger charge is -2.36. The van der Waals surface area contributed by atoms with Gasteiger partial charge in [-0.05, 0) is 68.6 Å². The summed E-state index contributed by atoms with van der Waals surface area (Å²) < 4.78 is 0. The summed E-state index contributed by atoms with van der Waals surface area (Å²) in [7, 11) is 0. The van der Waals surface area contributed by atoms with Crippen LogP contribution < -0.4 is 5.32 Å². The Morgan fingerprint density at radius 2 is 1.94 bits per heavy atom. The van der Waals surface area contributed by atoms with Crippen LogP contribution in [0.25, 0.3) is 0 Å². The van der Waals surface area contributed by atoms with E-state index in [1.54, 1.807) is 5.57 Å². The van der Waals surface area contributed by atoms with E-state index in [0.717, 1.165) is 43.6 Å². The van der Waals surface area contributed by atoms with E-state index in [2.05, 4.69) is 21.2 Å². The molecule has 0 radical (unpaired) electrons. The number of rotatable bonds is 8. The van der Waals surface area contributed by atoms with Gasteiger partial charge in [0.05, 0.1) is 11.8 Å². The number of likely N-dealkylation sites (tertiary alicyclic amines) is 2. The molecule has 2 N–H and O–H groups in total. The summed E-state index contributed by atoms with van der Waals surface area (Å²) in [4.78, 5) is 30.2. The first-order valence-corrected chi connectivity index (χ1v) is 13.5. The Morgan fingerprint density at radius 3 is 2.60 bits per heavy atom. The molecule has 1 aliphatic carbocycles. The van der Waals surface area contributed by atoms with E-state index >= 15 is 0 Å².